The van der Waals surface area contributed by atoms with Gasteiger partial charge in [0.1, 0.15) is 5.82 Å². The molecule has 164 valence electrons. The predicted octanol–water partition coefficient (Wildman–Crippen LogP) is 4.74. The van der Waals surface area contributed by atoms with Gasteiger partial charge in [-0.2, -0.15) is 4.98 Å². The van der Waals surface area contributed by atoms with Gasteiger partial charge < -0.3 is 10.2 Å². The topological polar surface area (TPSA) is 87.2 Å². The summed E-state index contributed by atoms with van der Waals surface area (Å²) in [6.45, 7) is 9.87. The fourth-order valence-corrected chi connectivity index (χ4v) is 4.25. The SMILES string of the molecule is CCc1ccc(S(=O)(=O)Nc2ccc(Nc3nc(C)cc(N(CC)CC)n3)cc2)cc1. The average Bonchev–Trinajstić information content (AvgIpc) is 2.75. The monoisotopic (exact) mass is 439 g/mol. The number of anilines is 4. The molecule has 0 atom stereocenters. The van der Waals surface area contributed by atoms with Crippen LogP contribution >= 0.6 is 0 Å². The highest BCUT2D eigenvalue weighted by atomic mass is 32.2. The molecule has 1 heterocycles. The van der Waals surface area contributed by atoms with Crippen LogP contribution in [0.2, 0.25) is 0 Å². The summed E-state index contributed by atoms with van der Waals surface area (Å²) < 4.78 is 27.9. The number of nitrogens with one attached hydrogen (secondary N) is 2. The zero-order valence-corrected chi connectivity index (χ0v) is 19.2. The third kappa shape index (κ3) is 5.73. The van der Waals surface area contributed by atoms with Gasteiger partial charge in [-0.25, -0.2) is 13.4 Å². The fraction of sp³-hybridized carbons (Fsp3) is 0.304. The first-order chi connectivity index (χ1) is 14.8. The summed E-state index contributed by atoms with van der Waals surface area (Å²) in [5.74, 6) is 1.38. The minimum absolute atomic E-state index is 0.240. The Hall–Kier alpha value is -3.13. The van der Waals surface area contributed by atoms with Crippen molar-refractivity contribution in [2.75, 3.05) is 28.0 Å². The lowest BCUT2D eigenvalue weighted by atomic mass is 10.2. The normalized spacial score (nSPS) is 11.2. The van der Waals surface area contributed by atoms with E-state index in [0.717, 1.165) is 42.3 Å². The van der Waals surface area contributed by atoms with Crippen LogP contribution in [0.5, 0.6) is 0 Å². The Labute approximate surface area is 184 Å². The van der Waals surface area contributed by atoms with E-state index in [-0.39, 0.29) is 4.90 Å². The van der Waals surface area contributed by atoms with E-state index in [1.165, 1.54) is 0 Å². The maximum Gasteiger partial charge on any atom is 0.261 e. The van der Waals surface area contributed by atoms with Crippen molar-refractivity contribution in [1.29, 1.82) is 0 Å². The molecule has 8 heteroatoms. The van der Waals surface area contributed by atoms with Crippen molar-refractivity contribution in [2.24, 2.45) is 0 Å². The molecule has 0 radical (unpaired) electrons. The molecule has 3 aromatic rings. The first-order valence-electron chi connectivity index (χ1n) is 10.4. The molecule has 1 aromatic heterocycles. The van der Waals surface area contributed by atoms with E-state index in [4.69, 9.17) is 0 Å². The maximum atomic E-state index is 12.6. The standard InChI is InChI=1S/C23H29N5O2S/c1-5-18-8-14-21(15-9-18)31(29,30)27-20-12-10-19(11-13-20)25-23-24-17(4)16-22(26-23)28(6-2)7-3/h8-16,27H,5-7H2,1-4H3,(H,24,25,26). The molecule has 7 nitrogen and oxygen atoms in total. The summed E-state index contributed by atoms with van der Waals surface area (Å²) in [5, 5.41) is 3.20. The number of sulfonamides is 1. The molecule has 0 aliphatic carbocycles. The van der Waals surface area contributed by atoms with Gasteiger partial charge in [-0.3, -0.25) is 4.72 Å². The van der Waals surface area contributed by atoms with Crippen molar-refractivity contribution < 1.29 is 8.42 Å². The van der Waals surface area contributed by atoms with Crippen molar-refractivity contribution in [1.82, 2.24) is 9.97 Å². The second-order valence-electron chi connectivity index (χ2n) is 7.17. The summed E-state index contributed by atoms with van der Waals surface area (Å²) >= 11 is 0. The second-order valence-corrected chi connectivity index (χ2v) is 8.85. The molecule has 31 heavy (non-hydrogen) atoms. The molecule has 0 saturated carbocycles. The minimum Gasteiger partial charge on any atom is -0.357 e. The van der Waals surface area contributed by atoms with Crippen molar-refractivity contribution in [2.45, 2.75) is 39.0 Å². The van der Waals surface area contributed by atoms with Gasteiger partial charge in [0, 0.05) is 36.2 Å². The van der Waals surface area contributed by atoms with Gasteiger partial charge in [0.2, 0.25) is 5.95 Å². The van der Waals surface area contributed by atoms with Crippen molar-refractivity contribution in [3.8, 4) is 0 Å². The lowest BCUT2D eigenvalue weighted by molar-refractivity contribution is 0.601. The molecular formula is C23H29N5O2S. The number of hydrogen-bond acceptors (Lipinski definition) is 6. The van der Waals surface area contributed by atoms with Crippen LogP contribution in [0, 0.1) is 6.92 Å². The molecule has 0 aliphatic heterocycles. The van der Waals surface area contributed by atoms with Crippen LogP contribution in [0.1, 0.15) is 32.0 Å². The van der Waals surface area contributed by atoms with Crippen molar-refractivity contribution in [3.63, 3.8) is 0 Å². The highest BCUT2D eigenvalue weighted by Gasteiger charge is 2.14. The zero-order chi connectivity index (χ0) is 22.4. The van der Waals surface area contributed by atoms with E-state index in [2.05, 4.69) is 38.8 Å². The predicted molar refractivity (Wildman–Crippen MR) is 127 cm³/mol. The summed E-state index contributed by atoms with van der Waals surface area (Å²) in [6.07, 6.45) is 0.864. The van der Waals surface area contributed by atoms with E-state index >= 15 is 0 Å². The summed E-state index contributed by atoms with van der Waals surface area (Å²) in [7, 11) is -3.64. The molecule has 2 N–H and O–H groups in total. The Morgan fingerprint density at radius 2 is 1.48 bits per heavy atom. The second kappa shape index (κ2) is 9.78. The first-order valence-corrected chi connectivity index (χ1v) is 11.9. The highest BCUT2D eigenvalue weighted by molar-refractivity contribution is 7.92. The van der Waals surface area contributed by atoms with Crippen molar-refractivity contribution >= 4 is 33.2 Å². The van der Waals surface area contributed by atoms with Crippen LogP contribution in [0.3, 0.4) is 0 Å². The van der Waals surface area contributed by atoms with Crippen LogP contribution in [0.25, 0.3) is 0 Å². The molecule has 0 amide bonds. The number of rotatable bonds is 9. The molecule has 0 unspecified atom stereocenters. The third-order valence-electron chi connectivity index (χ3n) is 4.96. The van der Waals surface area contributed by atoms with Gasteiger partial charge in [-0.05, 0) is 69.2 Å². The van der Waals surface area contributed by atoms with E-state index in [1.54, 1.807) is 36.4 Å². The zero-order valence-electron chi connectivity index (χ0n) is 18.4. The largest absolute Gasteiger partial charge is 0.357 e. The highest BCUT2D eigenvalue weighted by Crippen LogP contribution is 2.22. The molecule has 0 fully saturated rings. The minimum atomic E-state index is -3.64. The van der Waals surface area contributed by atoms with E-state index in [9.17, 15) is 8.42 Å². The fourth-order valence-electron chi connectivity index (χ4n) is 3.19. The maximum absolute atomic E-state index is 12.6. The third-order valence-corrected chi connectivity index (χ3v) is 6.36. The Kier molecular flexibility index (Phi) is 7.12. The first kappa shape index (κ1) is 22.6. The van der Waals surface area contributed by atoms with Crippen molar-refractivity contribution in [3.05, 3.63) is 65.9 Å². The Balaban J connectivity index is 1.73. The van der Waals surface area contributed by atoms with E-state index in [0.29, 0.717) is 11.6 Å². The summed E-state index contributed by atoms with van der Waals surface area (Å²) in [5.41, 5.74) is 3.22. The van der Waals surface area contributed by atoms with Gasteiger partial charge in [-0.1, -0.05) is 19.1 Å². The number of hydrogen-bond donors (Lipinski definition) is 2. The Morgan fingerprint density at radius 3 is 2.06 bits per heavy atom. The van der Waals surface area contributed by atoms with Gasteiger partial charge in [0.05, 0.1) is 4.90 Å². The number of aromatic nitrogens is 2. The van der Waals surface area contributed by atoms with E-state index < -0.39 is 10.0 Å². The number of benzene rings is 2. The van der Waals surface area contributed by atoms with Crippen LogP contribution in [-0.2, 0) is 16.4 Å². The Morgan fingerprint density at radius 1 is 0.871 bits per heavy atom. The summed E-state index contributed by atoms with van der Waals surface area (Å²) in [4.78, 5) is 11.5. The molecule has 3 rings (SSSR count). The van der Waals surface area contributed by atoms with E-state index in [1.807, 2.05) is 32.0 Å². The van der Waals surface area contributed by atoms with Gasteiger partial charge in [-0.15, -0.1) is 0 Å². The van der Waals surface area contributed by atoms with Gasteiger partial charge >= 0.3 is 0 Å². The van der Waals surface area contributed by atoms with Crippen LogP contribution in [0.15, 0.2) is 59.5 Å². The van der Waals surface area contributed by atoms with Crippen LogP contribution in [0.4, 0.5) is 23.1 Å². The molecule has 0 spiro atoms. The lowest BCUT2D eigenvalue weighted by Gasteiger charge is -2.20. The summed E-state index contributed by atoms with van der Waals surface area (Å²) in [6, 6.07) is 15.9. The molecule has 2 aromatic carbocycles. The Bertz CT molecular complexity index is 1110. The molecule has 0 aliphatic rings. The molecular weight excluding hydrogens is 410 g/mol. The quantitative estimate of drug-likeness (QED) is 0.501. The lowest BCUT2D eigenvalue weighted by Crippen LogP contribution is -2.23. The molecule has 0 bridgehead atoms. The average molecular weight is 440 g/mol. The number of aryl methyl sites for hydroxylation is 2. The van der Waals surface area contributed by atoms with Crippen LogP contribution in [-0.4, -0.2) is 31.5 Å². The smallest absolute Gasteiger partial charge is 0.261 e. The number of nitrogens with zero attached hydrogens (tertiary/aromatic N) is 3. The molecule has 0 saturated heterocycles. The van der Waals surface area contributed by atoms with Gasteiger partial charge in [0.15, 0.2) is 0 Å². The van der Waals surface area contributed by atoms with Crippen LogP contribution < -0.4 is 14.9 Å². The van der Waals surface area contributed by atoms with Gasteiger partial charge in [0.25, 0.3) is 10.0 Å².